The molecule has 0 aliphatic rings. The standard InChI is InChI=1S/C29H27NO4S/c1-35(32,33)22-25-11-8-12-26(19-25)29(31)30(27-13-6-3-7-14-27)20-23-15-17-28(18-16-23)34-21-24-9-4-2-5-10-24/h2-19H,20-22H2,1H3. The molecule has 0 unspecified atom stereocenters. The number of ether oxygens (including phenoxy) is 1. The number of carbonyl (C=O) groups is 1. The molecule has 0 saturated heterocycles. The van der Waals surface area contributed by atoms with Crippen molar-refractivity contribution in [2.24, 2.45) is 0 Å². The van der Waals surface area contributed by atoms with Crippen LogP contribution in [-0.2, 0) is 28.7 Å². The molecule has 4 aromatic rings. The van der Waals surface area contributed by atoms with Crippen LogP contribution < -0.4 is 9.64 Å². The van der Waals surface area contributed by atoms with E-state index in [-0.39, 0.29) is 11.7 Å². The van der Waals surface area contributed by atoms with Gasteiger partial charge in [-0.05, 0) is 53.1 Å². The van der Waals surface area contributed by atoms with Crippen LogP contribution in [0, 0.1) is 0 Å². The number of benzene rings is 4. The van der Waals surface area contributed by atoms with E-state index in [9.17, 15) is 13.2 Å². The highest BCUT2D eigenvalue weighted by molar-refractivity contribution is 7.89. The van der Waals surface area contributed by atoms with E-state index in [1.165, 1.54) is 6.26 Å². The highest BCUT2D eigenvalue weighted by Gasteiger charge is 2.19. The Hall–Kier alpha value is -3.90. The summed E-state index contributed by atoms with van der Waals surface area (Å²) < 4.78 is 29.3. The van der Waals surface area contributed by atoms with Gasteiger partial charge in [-0.1, -0.05) is 72.8 Å². The number of hydrogen-bond acceptors (Lipinski definition) is 4. The average molecular weight is 486 g/mol. The fourth-order valence-electron chi connectivity index (χ4n) is 3.76. The fourth-order valence-corrected chi connectivity index (χ4v) is 4.54. The summed E-state index contributed by atoms with van der Waals surface area (Å²) >= 11 is 0. The van der Waals surface area contributed by atoms with Gasteiger partial charge in [-0.15, -0.1) is 0 Å². The van der Waals surface area contributed by atoms with Crippen molar-refractivity contribution in [3.8, 4) is 5.75 Å². The third-order valence-corrected chi connectivity index (χ3v) is 6.29. The van der Waals surface area contributed by atoms with Crippen LogP contribution in [0.25, 0.3) is 0 Å². The lowest BCUT2D eigenvalue weighted by atomic mass is 10.1. The van der Waals surface area contributed by atoms with Gasteiger partial charge >= 0.3 is 0 Å². The van der Waals surface area contributed by atoms with Gasteiger partial charge in [0.1, 0.15) is 12.4 Å². The first-order chi connectivity index (χ1) is 16.9. The van der Waals surface area contributed by atoms with Crippen molar-refractivity contribution < 1.29 is 17.9 Å². The molecule has 0 saturated carbocycles. The lowest BCUT2D eigenvalue weighted by Gasteiger charge is -2.23. The summed E-state index contributed by atoms with van der Waals surface area (Å²) in [6.07, 6.45) is 1.19. The van der Waals surface area contributed by atoms with Crippen LogP contribution in [0.15, 0.2) is 109 Å². The predicted octanol–water partition coefficient (Wildman–Crippen LogP) is 5.66. The van der Waals surface area contributed by atoms with Crippen LogP contribution in [0.1, 0.15) is 27.0 Å². The molecule has 0 bridgehead atoms. The summed E-state index contributed by atoms with van der Waals surface area (Å²) in [5, 5.41) is 0. The van der Waals surface area contributed by atoms with Crippen LogP contribution in [0.2, 0.25) is 0 Å². The molecule has 4 aromatic carbocycles. The van der Waals surface area contributed by atoms with Crippen molar-refractivity contribution in [3.05, 3.63) is 131 Å². The summed E-state index contributed by atoms with van der Waals surface area (Å²) in [5.74, 6) is 0.448. The van der Waals surface area contributed by atoms with E-state index in [1.54, 1.807) is 29.2 Å². The van der Waals surface area contributed by atoms with Crippen LogP contribution in [0.4, 0.5) is 5.69 Å². The number of nitrogens with zero attached hydrogens (tertiary/aromatic N) is 1. The van der Waals surface area contributed by atoms with Crippen molar-refractivity contribution in [2.45, 2.75) is 18.9 Å². The molecule has 0 heterocycles. The molecule has 0 atom stereocenters. The van der Waals surface area contributed by atoms with E-state index in [1.807, 2.05) is 84.9 Å². The third kappa shape index (κ3) is 7.04. The van der Waals surface area contributed by atoms with Crippen LogP contribution in [0.5, 0.6) is 5.75 Å². The highest BCUT2D eigenvalue weighted by Crippen LogP contribution is 2.22. The van der Waals surface area contributed by atoms with E-state index in [4.69, 9.17) is 4.74 Å². The van der Waals surface area contributed by atoms with E-state index in [0.29, 0.717) is 24.3 Å². The smallest absolute Gasteiger partial charge is 0.258 e. The van der Waals surface area contributed by atoms with Gasteiger partial charge in [0.25, 0.3) is 5.91 Å². The molecule has 1 amide bonds. The van der Waals surface area contributed by atoms with E-state index in [0.717, 1.165) is 22.6 Å². The molecule has 6 heteroatoms. The van der Waals surface area contributed by atoms with Gasteiger partial charge in [-0.3, -0.25) is 4.79 Å². The maximum atomic E-state index is 13.5. The topological polar surface area (TPSA) is 63.7 Å². The Morgan fingerprint density at radius 1 is 0.743 bits per heavy atom. The summed E-state index contributed by atoms with van der Waals surface area (Å²) in [4.78, 5) is 15.2. The van der Waals surface area contributed by atoms with Crippen LogP contribution in [-0.4, -0.2) is 20.6 Å². The minimum absolute atomic E-state index is 0.107. The number of para-hydroxylation sites is 1. The number of sulfone groups is 1. The third-order valence-electron chi connectivity index (χ3n) is 5.43. The predicted molar refractivity (Wildman–Crippen MR) is 139 cm³/mol. The summed E-state index contributed by atoms with van der Waals surface area (Å²) in [7, 11) is -3.20. The number of rotatable bonds is 9. The Balaban J connectivity index is 1.53. The van der Waals surface area contributed by atoms with Gasteiger partial charge < -0.3 is 9.64 Å². The molecular weight excluding hydrogens is 458 g/mol. The molecular formula is C29H27NO4S. The first-order valence-corrected chi connectivity index (χ1v) is 13.3. The molecule has 35 heavy (non-hydrogen) atoms. The molecule has 4 rings (SSSR count). The molecule has 0 spiro atoms. The SMILES string of the molecule is CS(=O)(=O)Cc1cccc(C(=O)N(Cc2ccc(OCc3ccccc3)cc2)c2ccccc2)c1. The van der Waals surface area contributed by atoms with Crippen molar-refractivity contribution in [2.75, 3.05) is 11.2 Å². The Morgan fingerprint density at radius 3 is 2.03 bits per heavy atom. The molecule has 0 N–H and O–H groups in total. The van der Waals surface area contributed by atoms with Gasteiger partial charge in [-0.2, -0.15) is 0 Å². The lowest BCUT2D eigenvalue weighted by Crippen LogP contribution is -2.30. The largest absolute Gasteiger partial charge is 0.489 e. The minimum Gasteiger partial charge on any atom is -0.489 e. The number of amides is 1. The second kappa shape index (κ2) is 11.0. The second-order valence-electron chi connectivity index (χ2n) is 8.42. The summed E-state index contributed by atoms with van der Waals surface area (Å²) in [6.45, 7) is 0.844. The summed E-state index contributed by atoms with van der Waals surface area (Å²) in [5.41, 5.74) is 3.83. The summed E-state index contributed by atoms with van der Waals surface area (Å²) in [6, 6.07) is 33.9. The first kappa shape index (κ1) is 24.2. The maximum Gasteiger partial charge on any atom is 0.258 e. The van der Waals surface area contributed by atoms with E-state index in [2.05, 4.69) is 0 Å². The maximum absolute atomic E-state index is 13.5. The first-order valence-electron chi connectivity index (χ1n) is 11.3. The number of hydrogen-bond donors (Lipinski definition) is 0. The zero-order chi connectivity index (χ0) is 24.7. The van der Waals surface area contributed by atoms with Gasteiger partial charge in [0, 0.05) is 17.5 Å². The monoisotopic (exact) mass is 485 g/mol. The Bertz CT molecular complexity index is 1370. The van der Waals surface area contributed by atoms with Crippen molar-refractivity contribution in [1.82, 2.24) is 0 Å². The molecule has 0 fully saturated rings. The zero-order valence-electron chi connectivity index (χ0n) is 19.5. The second-order valence-corrected chi connectivity index (χ2v) is 10.6. The van der Waals surface area contributed by atoms with Crippen LogP contribution >= 0.6 is 0 Å². The fraction of sp³-hybridized carbons (Fsp3) is 0.138. The van der Waals surface area contributed by atoms with E-state index >= 15 is 0 Å². The lowest BCUT2D eigenvalue weighted by molar-refractivity contribution is 0.0985. The molecule has 5 nitrogen and oxygen atoms in total. The zero-order valence-corrected chi connectivity index (χ0v) is 20.3. The van der Waals surface area contributed by atoms with Crippen molar-refractivity contribution in [3.63, 3.8) is 0 Å². The molecule has 0 aromatic heterocycles. The molecule has 0 aliphatic heterocycles. The Labute approximate surface area is 206 Å². The average Bonchev–Trinajstić information content (AvgIpc) is 2.87. The Morgan fingerprint density at radius 2 is 1.37 bits per heavy atom. The van der Waals surface area contributed by atoms with Gasteiger partial charge in [-0.25, -0.2) is 8.42 Å². The molecule has 0 aliphatic carbocycles. The number of anilines is 1. The Kier molecular flexibility index (Phi) is 7.63. The number of carbonyl (C=O) groups excluding carboxylic acids is 1. The van der Waals surface area contributed by atoms with Crippen LogP contribution in [0.3, 0.4) is 0 Å². The normalized spacial score (nSPS) is 11.1. The van der Waals surface area contributed by atoms with Gasteiger partial charge in [0.05, 0.1) is 12.3 Å². The minimum atomic E-state index is -3.20. The highest BCUT2D eigenvalue weighted by atomic mass is 32.2. The van der Waals surface area contributed by atoms with Crippen molar-refractivity contribution >= 4 is 21.4 Å². The van der Waals surface area contributed by atoms with E-state index < -0.39 is 9.84 Å². The van der Waals surface area contributed by atoms with Gasteiger partial charge in [0.15, 0.2) is 9.84 Å². The molecule has 0 radical (unpaired) electrons. The van der Waals surface area contributed by atoms with Crippen molar-refractivity contribution in [1.29, 1.82) is 0 Å². The van der Waals surface area contributed by atoms with Gasteiger partial charge in [0.2, 0.25) is 0 Å². The quantitative estimate of drug-likeness (QED) is 0.307. The molecule has 178 valence electrons.